The highest BCUT2D eigenvalue weighted by Crippen LogP contribution is 2.51. The van der Waals surface area contributed by atoms with Gasteiger partial charge >= 0.3 is 0 Å². The fraction of sp³-hybridized carbons (Fsp3) is 0.357. The molecule has 2 aliphatic heterocycles. The Morgan fingerprint density at radius 2 is 1.87 bits per heavy atom. The molecular weight excluding hydrogens is 506 g/mol. The molecule has 2 fully saturated rings. The van der Waals surface area contributed by atoms with E-state index in [1.807, 2.05) is 30.3 Å². The zero-order valence-corrected chi connectivity index (χ0v) is 21.6. The Hall–Kier alpha value is -3.47. The van der Waals surface area contributed by atoms with Crippen LogP contribution in [0.5, 0.6) is 11.5 Å². The van der Waals surface area contributed by atoms with Crippen LogP contribution in [0.15, 0.2) is 65.6 Å². The van der Waals surface area contributed by atoms with Gasteiger partial charge in [-0.3, -0.25) is 4.79 Å². The van der Waals surface area contributed by atoms with Gasteiger partial charge in [0.1, 0.15) is 5.82 Å². The van der Waals surface area contributed by atoms with E-state index in [0.29, 0.717) is 36.0 Å². The van der Waals surface area contributed by atoms with Crippen molar-refractivity contribution in [2.24, 2.45) is 0 Å². The number of carbonyl (C=O) groups excluding carboxylic acids is 1. The van der Waals surface area contributed by atoms with Gasteiger partial charge in [0.15, 0.2) is 11.5 Å². The first-order valence-electron chi connectivity index (χ1n) is 12.8. The molecule has 0 radical (unpaired) electrons. The SMILES string of the molecule is O=C(Nc1cccc(-c2ccc(S(=O)(=O)N3CCCCC3CO)cc2)n1)C1(c2ccc3c(c2)OCO3)CC1.[HH]. The van der Waals surface area contributed by atoms with Crippen molar-refractivity contribution in [1.29, 1.82) is 0 Å². The number of rotatable bonds is 7. The summed E-state index contributed by atoms with van der Waals surface area (Å²) in [5, 5.41) is 12.6. The second-order valence-corrected chi connectivity index (χ2v) is 11.9. The van der Waals surface area contributed by atoms with E-state index < -0.39 is 15.4 Å². The zero-order chi connectivity index (χ0) is 26.3. The zero-order valence-electron chi connectivity index (χ0n) is 20.8. The van der Waals surface area contributed by atoms with Crippen LogP contribution in [0.3, 0.4) is 0 Å². The fourth-order valence-corrected chi connectivity index (χ4v) is 6.96. The monoisotopic (exact) mass is 537 g/mol. The van der Waals surface area contributed by atoms with Crippen molar-refractivity contribution in [3.63, 3.8) is 0 Å². The smallest absolute Gasteiger partial charge is 0.243 e. The van der Waals surface area contributed by atoms with E-state index in [2.05, 4.69) is 10.3 Å². The fourth-order valence-electron chi connectivity index (χ4n) is 5.27. The number of pyridine rings is 1. The molecule has 200 valence electrons. The average molecular weight is 538 g/mol. The number of piperidine rings is 1. The molecule has 3 heterocycles. The lowest BCUT2D eigenvalue weighted by atomic mass is 9.94. The molecule has 1 amide bonds. The van der Waals surface area contributed by atoms with Crippen LogP contribution < -0.4 is 14.8 Å². The normalized spacial score (nSPS) is 20.2. The maximum atomic E-state index is 13.3. The Balaban J connectivity index is 0.00000308. The van der Waals surface area contributed by atoms with Crippen molar-refractivity contribution in [3.05, 3.63) is 66.2 Å². The molecule has 38 heavy (non-hydrogen) atoms. The van der Waals surface area contributed by atoms with E-state index in [4.69, 9.17) is 9.47 Å². The van der Waals surface area contributed by atoms with Crippen LogP contribution in [0.25, 0.3) is 11.3 Å². The number of nitrogens with zero attached hydrogens (tertiary/aromatic N) is 2. The number of amides is 1. The van der Waals surface area contributed by atoms with E-state index in [0.717, 1.165) is 36.8 Å². The van der Waals surface area contributed by atoms with Crippen molar-refractivity contribution in [2.75, 3.05) is 25.3 Å². The van der Waals surface area contributed by atoms with E-state index >= 15 is 0 Å². The summed E-state index contributed by atoms with van der Waals surface area (Å²) >= 11 is 0. The van der Waals surface area contributed by atoms with Crippen LogP contribution >= 0.6 is 0 Å². The van der Waals surface area contributed by atoms with Crippen molar-refractivity contribution in [2.45, 2.75) is 48.5 Å². The van der Waals surface area contributed by atoms with Crippen molar-refractivity contribution in [3.8, 4) is 22.8 Å². The van der Waals surface area contributed by atoms with Gasteiger partial charge in [0.25, 0.3) is 0 Å². The predicted molar refractivity (Wildman–Crippen MR) is 143 cm³/mol. The molecule has 1 atom stereocenters. The summed E-state index contributed by atoms with van der Waals surface area (Å²) in [6.07, 6.45) is 3.83. The molecule has 2 N–H and O–H groups in total. The molecule has 1 saturated heterocycles. The summed E-state index contributed by atoms with van der Waals surface area (Å²) in [6, 6.07) is 17.2. The second kappa shape index (κ2) is 9.68. The lowest BCUT2D eigenvalue weighted by Crippen LogP contribution is -2.45. The minimum absolute atomic E-state index is 0. The third-order valence-corrected chi connectivity index (χ3v) is 9.61. The lowest BCUT2D eigenvalue weighted by molar-refractivity contribution is -0.118. The first-order valence-corrected chi connectivity index (χ1v) is 14.3. The summed E-state index contributed by atoms with van der Waals surface area (Å²) in [7, 11) is -3.71. The van der Waals surface area contributed by atoms with E-state index in [9.17, 15) is 18.3 Å². The third-order valence-electron chi connectivity index (χ3n) is 7.64. The van der Waals surface area contributed by atoms with Crippen LogP contribution in [0.1, 0.15) is 39.1 Å². The molecule has 1 saturated carbocycles. The minimum atomic E-state index is -3.71. The summed E-state index contributed by atoms with van der Waals surface area (Å²) in [4.78, 5) is 18.1. The number of ether oxygens (including phenoxy) is 2. The highest BCUT2D eigenvalue weighted by molar-refractivity contribution is 7.89. The number of aliphatic hydroxyl groups excluding tert-OH is 1. The average Bonchev–Trinajstić information content (AvgIpc) is 3.64. The lowest BCUT2D eigenvalue weighted by Gasteiger charge is -2.33. The molecule has 3 aliphatic rings. The van der Waals surface area contributed by atoms with Crippen LogP contribution in [-0.4, -0.2) is 54.7 Å². The summed E-state index contributed by atoms with van der Waals surface area (Å²) in [5.41, 5.74) is 1.62. The molecule has 6 rings (SSSR count). The standard InChI is InChI=1S/C28H29N3O6S.H2/c32-17-21-4-1-2-15-31(21)38(34,35)22-10-7-19(8-11-22)23-5-3-6-26(29-23)30-27(33)28(13-14-28)20-9-12-24-25(16-20)37-18-36-24;/h3,5-12,16,21,32H,1-2,4,13-15,17-18H2,(H,29,30,33);1H. The number of carbonyl (C=O) groups is 1. The molecular formula is C28H31N3O6S. The summed E-state index contributed by atoms with van der Waals surface area (Å²) in [6.45, 7) is 0.408. The molecule has 1 aliphatic carbocycles. The van der Waals surface area contributed by atoms with Crippen LogP contribution in [0, 0.1) is 0 Å². The number of benzene rings is 2. The number of hydrogen-bond donors (Lipinski definition) is 2. The Morgan fingerprint density at radius 1 is 1.08 bits per heavy atom. The number of aliphatic hydroxyl groups is 1. The molecule has 0 bridgehead atoms. The number of nitrogens with one attached hydrogen (secondary N) is 1. The molecule has 0 spiro atoms. The first kappa shape index (κ1) is 24.8. The second-order valence-electron chi connectivity index (χ2n) is 9.98. The highest BCUT2D eigenvalue weighted by Gasteiger charge is 2.51. The van der Waals surface area contributed by atoms with Gasteiger partial charge in [-0.2, -0.15) is 4.31 Å². The summed E-state index contributed by atoms with van der Waals surface area (Å²) < 4.78 is 38.7. The van der Waals surface area contributed by atoms with Gasteiger partial charge < -0.3 is 19.9 Å². The molecule has 2 aromatic carbocycles. The number of fused-ring (bicyclic) bond motifs is 1. The van der Waals surface area contributed by atoms with E-state index in [1.54, 1.807) is 30.3 Å². The number of hydrogen-bond acceptors (Lipinski definition) is 7. The van der Waals surface area contributed by atoms with Crippen molar-refractivity contribution < 1.29 is 29.2 Å². The Bertz CT molecular complexity index is 1480. The largest absolute Gasteiger partial charge is 0.454 e. The van der Waals surface area contributed by atoms with Gasteiger partial charge in [0.2, 0.25) is 22.7 Å². The molecule has 1 aromatic heterocycles. The maximum absolute atomic E-state index is 13.3. The quantitative estimate of drug-likeness (QED) is 0.469. The highest BCUT2D eigenvalue weighted by atomic mass is 32.2. The van der Waals surface area contributed by atoms with Crippen molar-refractivity contribution >= 4 is 21.7 Å². The first-order chi connectivity index (χ1) is 18.4. The topological polar surface area (TPSA) is 118 Å². The Labute approximate surface area is 223 Å². The van der Waals surface area contributed by atoms with Gasteiger partial charge in [-0.15, -0.1) is 0 Å². The third kappa shape index (κ3) is 4.42. The van der Waals surface area contributed by atoms with Gasteiger partial charge in [0.05, 0.1) is 22.6 Å². The number of sulfonamides is 1. The van der Waals surface area contributed by atoms with Crippen LogP contribution in [0.4, 0.5) is 5.82 Å². The van der Waals surface area contributed by atoms with E-state index in [-0.39, 0.29) is 31.7 Å². The van der Waals surface area contributed by atoms with Crippen LogP contribution in [-0.2, 0) is 20.2 Å². The molecule has 1 unspecified atom stereocenters. The Kier molecular flexibility index (Phi) is 6.33. The van der Waals surface area contributed by atoms with Crippen LogP contribution in [0.2, 0.25) is 0 Å². The van der Waals surface area contributed by atoms with Gasteiger partial charge in [-0.05, 0) is 67.6 Å². The maximum Gasteiger partial charge on any atom is 0.243 e. The molecule has 3 aromatic rings. The number of anilines is 1. The van der Waals surface area contributed by atoms with E-state index in [1.165, 1.54) is 4.31 Å². The minimum Gasteiger partial charge on any atom is -0.454 e. The van der Waals surface area contributed by atoms with Gasteiger partial charge in [0, 0.05) is 19.6 Å². The van der Waals surface area contributed by atoms with Crippen molar-refractivity contribution in [1.82, 2.24) is 9.29 Å². The predicted octanol–water partition coefficient (Wildman–Crippen LogP) is 3.93. The Morgan fingerprint density at radius 3 is 2.63 bits per heavy atom. The number of aromatic nitrogens is 1. The molecule has 9 nitrogen and oxygen atoms in total. The molecule has 10 heteroatoms. The summed E-state index contributed by atoms with van der Waals surface area (Å²) in [5.74, 6) is 1.64. The van der Waals surface area contributed by atoms with Gasteiger partial charge in [-0.25, -0.2) is 13.4 Å². The van der Waals surface area contributed by atoms with Gasteiger partial charge in [-0.1, -0.05) is 30.7 Å².